The predicted octanol–water partition coefficient (Wildman–Crippen LogP) is 5.56. The van der Waals surface area contributed by atoms with Crippen LogP contribution in [0.2, 0.25) is 0 Å². The Labute approximate surface area is 228 Å². The van der Waals surface area contributed by atoms with Crippen LogP contribution in [0.1, 0.15) is 38.3 Å². The fraction of sp³-hybridized carbons (Fsp3) is 0.414. The Hall–Kier alpha value is -2.98. The molecule has 1 heterocycles. The van der Waals surface area contributed by atoms with Crippen LogP contribution >= 0.6 is 11.8 Å². The molecule has 2 aromatic carbocycles. The van der Waals surface area contributed by atoms with Gasteiger partial charge in [-0.2, -0.15) is 0 Å². The van der Waals surface area contributed by atoms with Gasteiger partial charge in [-0.3, -0.25) is 10.3 Å². The second-order valence-electron chi connectivity index (χ2n) is 9.80. The van der Waals surface area contributed by atoms with Crippen molar-refractivity contribution in [1.29, 1.82) is 5.41 Å². The molecule has 204 valence electrons. The zero-order chi connectivity index (χ0) is 27.5. The van der Waals surface area contributed by atoms with Crippen LogP contribution in [0.25, 0.3) is 0 Å². The van der Waals surface area contributed by atoms with Crippen molar-refractivity contribution in [3.8, 4) is 0 Å². The van der Waals surface area contributed by atoms with Crippen molar-refractivity contribution in [2.24, 2.45) is 0 Å². The van der Waals surface area contributed by atoms with Gasteiger partial charge in [0.25, 0.3) is 0 Å². The van der Waals surface area contributed by atoms with Gasteiger partial charge in [0.15, 0.2) is 11.5 Å². The molecule has 8 nitrogen and oxygen atoms in total. The van der Waals surface area contributed by atoms with E-state index in [0.29, 0.717) is 25.9 Å². The molecule has 38 heavy (non-hydrogen) atoms. The second-order valence-corrected chi connectivity index (χ2v) is 10.9. The molecule has 0 aromatic heterocycles. The maximum atomic E-state index is 12.7. The van der Waals surface area contributed by atoms with E-state index in [2.05, 4.69) is 6.58 Å². The van der Waals surface area contributed by atoms with Crippen molar-refractivity contribution < 1.29 is 28.5 Å². The number of benzene rings is 2. The second kappa shape index (κ2) is 14.2. The third kappa shape index (κ3) is 9.09. The van der Waals surface area contributed by atoms with E-state index >= 15 is 0 Å². The van der Waals surface area contributed by atoms with E-state index in [1.165, 1.54) is 11.0 Å². The van der Waals surface area contributed by atoms with Crippen LogP contribution < -0.4 is 0 Å². The van der Waals surface area contributed by atoms with E-state index in [-0.39, 0.29) is 11.7 Å². The first kappa shape index (κ1) is 29.6. The van der Waals surface area contributed by atoms with Crippen LogP contribution in [-0.4, -0.2) is 58.3 Å². The molecular weight excluding hydrogens is 504 g/mol. The summed E-state index contributed by atoms with van der Waals surface area (Å²) in [7, 11) is 0. The van der Waals surface area contributed by atoms with Crippen molar-refractivity contribution in [3.05, 3.63) is 84.4 Å². The zero-order valence-corrected chi connectivity index (χ0v) is 22.9. The van der Waals surface area contributed by atoms with Gasteiger partial charge in [0, 0.05) is 13.0 Å². The average Bonchev–Trinajstić information content (AvgIpc) is 2.89. The van der Waals surface area contributed by atoms with E-state index < -0.39 is 35.4 Å². The highest BCUT2D eigenvalue weighted by Crippen LogP contribution is 2.33. The van der Waals surface area contributed by atoms with Gasteiger partial charge in [-0.15, -0.1) is 6.58 Å². The van der Waals surface area contributed by atoms with Gasteiger partial charge in [0.2, 0.25) is 0 Å². The summed E-state index contributed by atoms with van der Waals surface area (Å²) in [5.41, 5.74) is 0.618. The third-order valence-corrected chi connectivity index (χ3v) is 6.57. The molecule has 4 atom stereocenters. The zero-order valence-electron chi connectivity index (χ0n) is 22.1. The number of thioether (sulfide) groups is 1. The smallest absolute Gasteiger partial charge is 0.416 e. The molecule has 0 aliphatic carbocycles. The summed E-state index contributed by atoms with van der Waals surface area (Å²) >= 11 is 1.03. The minimum atomic E-state index is -0.909. The maximum Gasteiger partial charge on any atom is 0.416 e. The van der Waals surface area contributed by atoms with Crippen molar-refractivity contribution in [2.45, 2.75) is 69.8 Å². The summed E-state index contributed by atoms with van der Waals surface area (Å²) in [6.45, 7) is 9.69. The van der Waals surface area contributed by atoms with Gasteiger partial charge in [-0.05, 0) is 31.9 Å². The Balaban J connectivity index is 1.74. The van der Waals surface area contributed by atoms with Crippen molar-refractivity contribution in [1.82, 2.24) is 4.90 Å². The lowest BCUT2D eigenvalue weighted by atomic mass is 10.0. The largest absolute Gasteiger partial charge is 0.443 e. The van der Waals surface area contributed by atoms with Crippen LogP contribution in [0.3, 0.4) is 0 Å². The molecule has 0 spiro atoms. The molecule has 0 unspecified atom stereocenters. The fourth-order valence-corrected chi connectivity index (χ4v) is 4.81. The van der Waals surface area contributed by atoms with Gasteiger partial charge < -0.3 is 23.7 Å². The van der Waals surface area contributed by atoms with Crippen molar-refractivity contribution >= 4 is 29.3 Å². The Morgan fingerprint density at radius 3 is 2.18 bits per heavy atom. The monoisotopic (exact) mass is 540 g/mol. The first-order valence-electron chi connectivity index (χ1n) is 12.5. The molecule has 1 N–H and O–H groups in total. The lowest BCUT2D eigenvalue weighted by molar-refractivity contribution is -0.188. The SMILES string of the molecule is C=CCN(C(=N)S[C@@H]1C[C@@H](OCc2ccccc2)[C@H](OCc2ccccc2)[C@@H](C=O)O1)C(=O)OC(C)(C)C. The normalized spacial score (nSPS) is 21.3. The number of ether oxygens (including phenoxy) is 4. The van der Waals surface area contributed by atoms with Crippen LogP contribution in [-0.2, 0) is 37.0 Å². The highest BCUT2D eigenvalue weighted by molar-refractivity contribution is 8.14. The standard InChI is InChI=1S/C29H36N2O6S/c1-5-16-31(28(33)37-29(2,3)4)27(30)38-25-17-23(34-19-21-12-8-6-9-13-21)26(24(18-32)36-25)35-20-22-14-10-7-11-15-22/h5-15,18,23-26,30H,1,16-17,19-20H2,2-4H3/t23-,24-,25-,26+/m1/s1. The summed E-state index contributed by atoms with van der Waals surface area (Å²) in [4.78, 5) is 26.0. The van der Waals surface area contributed by atoms with Crippen LogP contribution in [0.4, 0.5) is 4.79 Å². The van der Waals surface area contributed by atoms with Gasteiger partial charge >= 0.3 is 6.09 Å². The number of amides is 1. The molecular formula is C29H36N2O6S. The highest BCUT2D eigenvalue weighted by atomic mass is 32.2. The molecule has 0 radical (unpaired) electrons. The first-order valence-corrected chi connectivity index (χ1v) is 13.4. The molecule has 9 heteroatoms. The molecule has 3 rings (SSSR count). The molecule has 1 aliphatic rings. The Bertz CT molecular complexity index is 1060. The van der Waals surface area contributed by atoms with E-state index in [1.54, 1.807) is 20.8 Å². The number of carbonyl (C=O) groups is 2. The number of hydrogen-bond acceptors (Lipinski definition) is 8. The third-order valence-electron chi connectivity index (χ3n) is 5.56. The Morgan fingerprint density at radius 1 is 1.08 bits per heavy atom. The Kier molecular flexibility index (Phi) is 11.1. The first-order chi connectivity index (χ1) is 18.2. The highest BCUT2D eigenvalue weighted by Gasteiger charge is 2.42. The van der Waals surface area contributed by atoms with E-state index in [0.717, 1.165) is 22.9 Å². The number of carbonyl (C=O) groups excluding carboxylic acids is 2. The van der Waals surface area contributed by atoms with E-state index in [4.69, 9.17) is 24.4 Å². The molecule has 1 aliphatic heterocycles. The topological polar surface area (TPSA) is 98.2 Å². The number of aldehydes is 1. The van der Waals surface area contributed by atoms with Crippen LogP contribution in [0.15, 0.2) is 73.3 Å². The molecule has 1 fully saturated rings. The molecule has 1 amide bonds. The van der Waals surface area contributed by atoms with E-state index in [9.17, 15) is 9.59 Å². The molecule has 0 bridgehead atoms. The lowest BCUT2D eigenvalue weighted by Gasteiger charge is -2.39. The molecule has 2 aromatic rings. The van der Waals surface area contributed by atoms with Crippen LogP contribution in [0.5, 0.6) is 0 Å². The molecule has 0 saturated carbocycles. The summed E-state index contributed by atoms with van der Waals surface area (Å²) < 4.78 is 23.9. The van der Waals surface area contributed by atoms with Gasteiger partial charge in [-0.25, -0.2) is 4.79 Å². The van der Waals surface area contributed by atoms with E-state index in [1.807, 2.05) is 60.7 Å². The summed E-state index contributed by atoms with van der Waals surface area (Å²) in [5, 5.41) is 8.52. The number of amidine groups is 1. The lowest BCUT2D eigenvalue weighted by Crippen LogP contribution is -2.51. The number of nitrogens with zero attached hydrogens (tertiary/aromatic N) is 1. The van der Waals surface area contributed by atoms with Crippen LogP contribution in [0, 0.1) is 5.41 Å². The quantitative estimate of drug-likeness (QED) is 0.182. The Morgan fingerprint density at radius 2 is 1.66 bits per heavy atom. The molecule has 1 saturated heterocycles. The van der Waals surface area contributed by atoms with Gasteiger partial charge in [-0.1, -0.05) is 78.5 Å². The van der Waals surface area contributed by atoms with Gasteiger partial charge in [0.05, 0.1) is 19.3 Å². The average molecular weight is 541 g/mol. The summed E-state index contributed by atoms with van der Waals surface area (Å²) in [6.07, 6.45) is -0.111. The summed E-state index contributed by atoms with van der Waals surface area (Å²) in [6, 6.07) is 19.4. The minimum Gasteiger partial charge on any atom is -0.443 e. The summed E-state index contributed by atoms with van der Waals surface area (Å²) in [5.74, 6) is 0. The van der Waals surface area contributed by atoms with Gasteiger partial charge in [0.1, 0.15) is 23.2 Å². The minimum absolute atomic E-state index is 0.0701. The fourth-order valence-electron chi connectivity index (χ4n) is 3.81. The maximum absolute atomic E-state index is 12.7. The van der Waals surface area contributed by atoms with Crippen molar-refractivity contribution in [2.75, 3.05) is 6.54 Å². The van der Waals surface area contributed by atoms with Crippen molar-refractivity contribution in [3.63, 3.8) is 0 Å². The number of rotatable bonds is 10. The number of hydrogen-bond donors (Lipinski definition) is 1. The predicted molar refractivity (Wildman–Crippen MR) is 148 cm³/mol. The number of nitrogens with one attached hydrogen (secondary N) is 1.